The van der Waals surface area contributed by atoms with Crippen molar-refractivity contribution in [3.8, 4) is 0 Å². The monoisotopic (exact) mass is 354 g/mol. The minimum atomic E-state index is -2.43. The van der Waals surface area contributed by atoms with Gasteiger partial charge in [0.1, 0.15) is 11.3 Å². The molecule has 0 aromatic heterocycles. The summed E-state index contributed by atoms with van der Waals surface area (Å²) in [7, 11) is 0. The average Bonchev–Trinajstić information content (AvgIpc) is 2.57. The molecule has 1 aromatic rings. The number of carbonyl (C=O) groups excluding carboxylic acids is 1. The first-order valence-electron chi connectivity index (χ1n) is 9.49. The average molecular weight is 354 g/mol. The number of anilines is 1. The number of hydrogen-bond donors (Lipinski definition) is 1. The maximum atomic E-state index is 12.2. The molecule has 8 nitrogen and oxygen atoms in total. The molecule has 1 aromatic carbocycles. The highest BCUT2D eigenvalue weighted by Crippen LogP contribution is 2.25. The van der Waals surface area contributed by atoms with Crippen LogP contribution in [0.15, 0.2) is 18.2 Å². The fraction of sp³-hybridized carbons (Fsp3) is 0.588. The highest BCUT2D eigenvalue weighted by Gasteiger charge is 2.28. The van der Waals surface area contributed by atoms with Crippen LogP contribution < -0.4 is 5.32 Å². The number of morpholine rings is 1. The number of rotatable bonds is 4. The Bertz CT molecular complexity index is 734. The quantitative estimate of drug-likeness (QED) is 0.660. The molecule has 0 radical (unpaired) electrons. The van der Waals surface area contributed by atoms with Crippen molar-refractivity contribution in [2.45, 2.75) is 39.3 Å². The fourth-order valence-corrected chi connectivity index (χ4v) is 2.39. The van der Waals surface area contributed by atoms with Crippen LogP contribution in [0.1, 0.15) is 30.4 Å². The summed E-state index contributed by atoms with van der Waals surface area (Å²) in [6.45, 7) is 4.15. The lowest BCUT2D eigenvalue weighted by molar-refractivity contribution is -0.384. The third-order valence-corrected chi connectivity index (χ3v) is 3.51. The molecular formula is C17H25N3O5. The van der Waals surface area contributed by atoms with Crippen LogP contribution in [0.2, 0.25) is 0 Å². The summed E-state index contributed by atoms with van der Waals surface area (Å²) in [6.07, 6.45) is -0.822. The van der Waals surface area contributed by atoms with Crippen molar-refractivity contribution >= 4 is 17.5 Å². The molecule has 1 atom stereocenters. The Hall–Kier alpha value is -2.35. The zero-order chi connectivity index (χ0) is 21.1. The molecule has 25 heavy (non-hydrogen) atoms. The van der Waals surface area contributed by atoms with Crippen molar-refractivity contribution in [2.75, 3.05) is 31.6 Å². The molecule has 1 N–H and O–H groups in total. The van der Waals surface area contributed by atoms with E-state index >= 15 is 0 Å². The standard InChI is InChI=1S/C17H25N3O5/c1-12-5-6-14(15(9-12)20(22)23)18-10-13-11-19(7-8-24-13)16(21)25-17(2,3)4/h5-6,9,13,18H,7-8,10-11H2,1-4H3/t13-/m0/s1/i1D3. The number of nitrogens with one attached hydrogen (secondary N) is 1. The number of nitrogens with zero attached hydrogens (tertiary/aromatic N) is 2. The molecule has 0 aliphatic carbocycles. The van der Waals surface area contributed by atoms with Gasteiger partial charge in [-0.2, -0.15) is 0 Å². The molecule has 1 amide bonds. The molecule has 1 aliphatic heterocycles. The van der Waals surface area contributed by atoms with Gasteiger partial charge in [0.05, 0.1) is 24.2 Å². The fourth-order valence-electron chi connectivity index (χ4n) is 2.39. The summed E-state index contributed by atoms with van der Waals surface area (Å²) in [5, 5.41) is 14.2. The molecule has 0 bridgehead atoms. The third kappa shape index (κ3) is 5.60. The number of amides is 1. The molecule has 1 aliphatic rings. The molecular weight excluding hydrogens is 326 g/mol. The summed E-state index contributed by atoms with van der Waals surface area (Å²) in [5.41, 5.74) is -0.840. The van der Waals surface area contributed by atoms with Gasteiger partial charge in [-0.1, -0.05) is 6.07 Å². The van der Waals surface area contributed by atoms with E-state index in [1.807, 2.05) is 0 Å². The minimum Gasteiger partial charge on any atom is -0.444 e. The van der Waals surface area contributed by atoms with Gasteiger partial charge in [0.15, 0.2) is 0 Å². The Kier molecular flexibility index (Phi) is 4.60. The lowest BCUT2D eigenvalue weighted by atomic mass is 10.2. The van der Waals surface area contributed by atoms with Crippen LogP contribution >= 0.6 is 0 Å². The Morgan fingerprint density at radius 3 is 2.96 bits per heavy atom. The number of hydrogen-bond acceptors (Lipinski definition) is 6. The van der Waals surface area contributed by atoms with Crippen LogP contribution in [-0.4, -0.2) is 53.9 Å². The lowest BCUT2D eigenvalue weighted by Crippen LogP contribution is -2.49. The van der Waals surface area contributed by atoms with Crippen LogP contribution in [0.4, 0.5) is 16.2 Å². The highest BCUT2D eigenvalue weighted by molar-refractivity contribution is 5.68. The second-order valence-electron chi connectivity index (χ2n) is 6.79. The summed E-state index contributed by atoms with van der Waals surface area (Å²) < 4.78 is 33.1. The molecule has 1 fully saturated rings. The zero-order valence-corrected chi connectivity index (χ0v) is 14.6. The number of carbonyl (C=O) groups is 1. The topological polar surface area (TPSA) is 93.9 Å². The predicted molar refractivity (Wildman–Crippen MR) is 93.9 cm³/mol. The molecule has 0 unspecified atom stereocenters. The first-order chi connectivity index (χ1) is 12.9. The van der Waals surface area contributed by atoms with E-state index in [9.17, 15) is 14.9 Å². The number of nitro benzene ring substituents is 1. The van der Waals surface area contributed by atoms with Gasteiger partial charge in [-0.15, -0.1) is 0 Å². The van der Waals surface area contributed by atoms with Gasteiger partial charge in [0.25, 0.3) is 5.69 Å². The largest absolute Gasteiger partial charge is 0.444 e. The third-order valence-electron chi connectivity index (χ3n) is 3.51. The van der Waals surface area contributed by atoms with E-state index < -0.39 is 23.5 Å². The smallest absolute Gasteiger partial charge is 0.410 e. The maximum absolute atomic E-state index is 12.2. The normalized spacial score (nSPS) is 20.2. The van der Waals surface area contributed by atoms with E-state index in [1.165, 1.54) is 17.0 Å². The van der Waals surface area contributed by atoms with Gasteiger partial charge < -0.3 is 19.7 Å². The van der Waals surface area contributed by atoms with Crippen LogP contribution in [0, 0.1) is 17.0 Å². The SMILES string of the molecule is [2H]C([2H])([2H])c1ccc(NC[C@H]2CN(C(=O)OC(C)(C)C)CCO2)c([N+](=O)[O-])c1. The van der Waals surface area contributed by atoms with E-state index in [0.29, 0.717) is 13.2 Å². The Morgan fingerprint density at radius 2 is 2.32 bits per heavy atom. The van der Waals surface area contributed by atoms with Crippen molar-refractivity contribution in [2.24, 2.45) is 0 Å². The van der Waals surface area contributed by atoms with Crippen LogP contribution in [0.5, 0.6) is 0 Å². The van der Waals surface area contributed by atoms with Crippen molar-refractivity contribution in [3.05, 3.63) is 33.9 Å². The van der Waals surface area contributed by atoms with Crippen LogP contribution in [0.25, 0.3) is 0 Å². The summed E-state index contributed by atoms with van der Waals surface area (Å²) in [4.78, 5) is 24.4. The molecule has 1 saturated heterocycles. The second-order valence-corrected chi connectivity index (χ2v) is 6.79. The molecule has 8 heteroatoms. The second kappa shape index (κ2) is 7.69. The van der Waals surface area contributed by atoms with Gasteiger partial charge in [0.2, 0.25) is 0 Å². The number of benzene rings is 1. The molecule has 138 valence electrons. The summed E-state index contributed by atoms with van der Waals surface area (Å²) >= 11 is 0. The van der Waals surface area contributed by atoms with Gasteiger partial charge >= 0.3 is 6.09 Å². The lowest BCUT2D eigenvalue weighted by Gasteiger charge is -2.34. The first kappa shape index (κ1) is 14.9. The Morgan fingerprint density at radius 1 is 1.56 bits per heavy atom. The number of nitro groups is 1. The summed E-state index contributed by atoms with van der Waals surface area (Å²) in [5.74, 6) is 0. The number of ether oxygens (including phenoxy) is 2. The molecule has 0 saturated carbocycles. The van der Waals surface area contributed by atoms with Crippen LogP contribution in [-0.2, 0) is 9.47 Å². The van der Waals surface area contributed by atoms with Gasteiger partial charge in [-0.3, -0.25) is 10.1 Å². The van der Waals surface area contributed by atoms with Gasteiger partial charge in [-0.25, -0.2) is 4.79 Å². The Balaban J connectivity index is 2.03. The van der Waals surface area contributed by atoms with Crippen molar-refractivity contribution in [3.63, 3.8) is 0 Å². The van der Waals surface area contributed by atoms with Gasteiger partial charge in [-0.05, 0) is 39.3 Å². The predicted octanol–water partition coefficient (Wildman–Crippen LogP) is 2.95. The first-order valence-corrected chi connectivity index (χ1v) is 7.99. The maximum Gasteiger partial charge on any atom is 0.410 e. The zero-order valence-electron chi connectivity index (χ0n) is 17.6. The highest BCUT2D eigenvalue weighted by atomic mass is 16.6. The summed E-state index contributed by atoms with van der Waals surface area (Å²) in [6, 6.07) is 3.75. The van der Waals surface area contributed by atoms with E-state index in [4.69, 9.17) is 13.6 Å². The van der Waals surface area contributed by atoms with Crippen molar-refractivity contribution < 1.29 is 23.3 Å². The van der Waals surface area contributed by atoms with E-state index in [1.54, 1.807) is 20.8 Å². The van der Waals surface area contributed by atoms with E-state index in [2.05, 4.69) is 5.32 Å². The van der Waals surface area contributed by atoms with Gasteiger partial charge in [0, 0.05) is 23.3 Å². The van der Waals surface area contributed by atoms with E-state index in [0.717, 1.165) is 6.07 Å². The van der Waals surface area contributed by atoms with Crippen LogP contribution in [0.3, 0.4) is 0 Å². The van der Waals surface area contributed by atoms with Crippen molar-refractivity contribution in [1.29, 1.82) is 0 Å². The van der Waals surface area contributed by atoms with E-state index in [-0.39, 0.29) is 36.1 Å². The molecule has 2 rings (SSSR count). The molecule has 1 heterocycles. The van der Waals surface area contributed by atoms with Crippen molar-refractivity contribution in [1.82, 2.24) is 4.90 Å². The molecule has 0 spiro atoms. The number of aryl methyl sites for hydroxylation is 1. The minimum absolute atomic E-state index is 0.102. The Labute approximate surface area is 151 Å².